The van der Waals surface area contributed by atoms with Crippen molar-refractivity contribution in [2.24, 2.45) is 0 Å². The summed E-state index contributed by atoms with van der Waals surface area (Å²) in [4.78, 5) is 0. The number of nitrogens with zero attached hydrogens (tertiary/aromatic N) is 1. The van der Waals surface area contributed by atoms with Gasteiger partial charge in [-0.15, -0.1) is 0 Å². The highest BCUT2D eigenvalue weighted by molar-refractivity contribution is 9.08. The maximum atomic E-state index is 13.8. The van der Waals surface area contributed by atoms with Crippen LogP contribution in [0.4, 0.5) is 8.78 Å². The van der Waals surface area contributed by atoms with Crippen LogP contribution in [0.1, 0.15) is 11.1 Å². The van der Waals surface area contributed by atoms with Gasteiger partial charge in [0.2, 0.25) is 0 Å². The van der Waals surface area contributed by atoms with E-state index in [-0.39, 0.29) is 11.3 Å². The fourth-order valence-corrected chi connectivity index (χ4v) is 1.87. The van der Waals surface area contributed by atoms with Gasteiger partial charge in [0.05, 0.1) is 5.56 Å². The van der Waals surface area contributed by atoms with E-state index in [2.05, 4.69) is 15.9 Å². The number of hydrogen-bond donors (Lipinski definition) is 0. The van der Waals surface area contributed by atoms with Crippen molar-refractivity contribution < 1.29 is 13.5 Å². The van der Waals surface area contributed by atoms with E-state index in [1.165, 1.54) is 24.3 Å². The van der Waals surface area contributed by atoms with Crippen molar-refractivity contribution in [1.29, 1.82) is 5.26 Å². The Balaban J connectivity index is 2.42. The Kier molecular flexibility index (Phi) is 4.13. The average molecular weight is 324 g/mol. The van der Waals surface area contributed by atoms with Gasteiger partial charge in [-0.2, -0.15) is 5.26 Å². The lowest BCUT2D eigenvalue weighted by molar-refractivity contribution is 0.406. The third kappa shape index (κ3) is 2.91. The van der Waals surface area contributed by atoms with E-state index in [1.807, 2.05) is 6.07 Å². The van der Waals surface area contributed by atoms with E-state index in [4.69, 9.17) is 10.00 Å². The molecule has 0 aromatic heterocycles. The Morgan fingerprint density at radius 2 is 1.79 bits per heavy atom. The maximum Gasteiger partial charge on any atom is 0.198 e. The van der Waals surface area contributed by atoms with Crippen LogP contribution in [-0.2, 0) is 5.33 Å². The Hall–Kier alpha value is -1.93. The quantitative estimate of drug-likeness (QED) is 0.778. The van der Waals surface area contributed by atoms with Crippen LogP contribution in [-0.4, -0.2) is 0 Å². The first-order valence-electron chi connectivity index (χ1n) is 5.36. The maximum absolute atomic E-state index is 13.8. The molecule has 0 saturated heterocycles. The van der Waals surface area contributed by atoms with Gasteiger partial charge < -0.3 is 4.74 Å². The molecule has 0 aliphatic carbocycles. The van der Waals surface area contributed by atoms with Crippen molar-refractivity contribution in [3.63, 3.8) is 0 Å². The third-order valence-electron chi connectivity index (χ3n) is 2.43. The van der Waals surface area contributed by atoms with Crippen LogP contribution in [0.25, 0.3) is 0 Å². The fourth-order valence-electron chi connectivity index (χ4n) is 1.54. The molecule has 0 saturated carbocycles. The minimum Gasteiger partial charge on any atom is -0.450 e. The highest BCUT2D eigenvalue weighted by Gasteiger charge is 2.15. The normalized spacial score (nSPS) is 10.0. The summed E-state index contributed by atoms with van der Waals surface area (Å²) in [7, 11) is 0. The van der Waals surface area contributed by atoms with Gasteiger partial charge >= 0.3 is 0 Å². The number of halogens is 3. The van der Waals surface area contributed by atoms with Crippen LogP contribution in [0.5, 0.6) is 11.5 Å². The molecule has 0 spiro atoms. The summed E-state index contributed by atoms with van der Waals surface area (Å²) in [5.41, 5.74) is 0.682. The van der Waals surface area contributed by atoms with Gasteiger partial charge in [0.1, 0.15) is 11.8 Å². The second-order valence-corrected chi connectivity index (χ2v) is 4.29. The summed E-state index contributed by atoms with van der Waals surface area (Å²) in [5, 5.41) is 9.24. The minimum absolute atomic E-state index is 0.120. The molecule has 0 fully saturated rings. The molecule has 0 bridgehead atoms. The molecule has 0 atom stereocenters. The number of nitriles is 1. The number of alkyl halides is 1. The molecule has 2 aromatic carbocycles. The molecule has 96 valence electrons. The number of hydrogen-bond acceptors (Lipinski definition) is 2. The molecule has 0 radical (unpaired) electrons. The molecule has 19 heavy (non-hydrogen) atoms. The van der Waals surface area contributed by atoms with E-state index < -0.39 is 17.4 Å². The monoisotopic (exact) mass is 323 g/mol. The first-order chi connectivity index (χ1) is 9.15. The average Bonchev–Trinajstić information content (AvgIpc) is 2.43. The predicted octanol–water partition coefficient (Wildman–Crippen LogP) is 4.52. The summed E-state index contributed by atoms with van der Waals surface area (Å²) < 4.78 is 32.7. The van der Waals surface area contributed by atoms with Crippen LogP contribution >= 0.6 is 15.9 Å². The summed E-state index contributed by atoms with van der Waals surface area (Å²) in [6.07, 6.45) is 0. The Labute approximate surface area is 117 Å². The zero-order valence-corrected chi connectivity index (χ0v) is 11.2. The summed E-state index contributed by atoms with van der Waals surface area (Å²) >= 11 is 3.12. The first-order valence-corrected chi connectivity index (χ1v) is 6.48. The van der Waals surface area contributed by atoms with E-state index in [0.717, 1.165) is 0 Å². The molecule has 5 heteroatoms. The lowest BCUT2D eigenvalue weighted by Crippen LogP contribution is -1.96. The number of benzene rings is 2. The molecule has 2 nitrogen and oxygen atoms in total. The van der Waals surface area contributed by atoms with Crippen molar-refractivity contribution in [2.45, 2.75) is 5.33 Å². The van der Waals surface area contributed by atoms with Crippen LogP contribution in [0.3, 0.4) is 0 Å². The van der Waals surface area contributed by atoms with Gasteiger partial charge in [-0.1, -0.05) is 28.1 Å². The molecule has 0 N–H and O–H groups in total. The highest BCUT2D eigenvalue weighted by atomic mass is 79.9. The SMILES string of the molecule is N#Cc1ccccc1Oc1c(F)cc(CBr)cc1F. The van der Waals surface area contributed by atoms with Gasteiger partial charge in [0, 0.05) is 5.33 Å². The van der Waals surface area contributed by atoms with E-state index in [0.29, 0.717) is 10.9 Å². The summed E-state index contributed by atoms with van der Waals surface area (Å²) in [5.74, 6) is -1.99. The van der Waals surface area contributed by atoms with Gasteiger partial charge in [-0.05, 0) is 29.8 Å². The van der Waals surface area contributed by atoms with Crippen molar-refractivity contribution in [3.8, 4) is 17.6 Å². The van der Waals surface area contributed by atoms with Crippen LogP contribution in [0.15, 0.2) is 36.4 Å². The van der Waals surface area contributed by atoms with E-state index >= 15 is 0 Å². The Bertz CT molecular complexity index is 629. The van der Waals surface area contributed by atoms with Crippen molar-refractivity contribution >= 4 is 15.9 Å². The predicted molar refractivity (Wildman–Crippen MR) is 70.2 cm³/mol. The standard InChI is InChI=1S/C14H8BrF2NO/c15-7-9-5-11(16)14(12(17)6-9)19-13-4-2-1-3-10(13)8-18/h1-6H,7H2. The van der Waals surface area contributed by atoms with Crippen LogP contribution < -0.4 is 4.74 Å². The van der Waals surface area contributed by atoms with Gasteiger partial charge in [0.25, 0.3) is 0 Å². The third-order valence-corrected chi connectivity index (χ3v) is 3.08. The second-order valence-electron chi connectivity index (χ2n) is 3.73. The topological polar surface area (TPSA) is 33.0 Å². The molecule has 2 rings (SSSR count). The fraction of sp³-hybridized carbons (Fsp3) is 0.0714. The van der Waals surface area contributed by atoms with E-state index in [9.17, 15) is 8.78 Å². The largest absolute Gasteiger partial charge is 0.450 e. The minimum atomic E-state index is -0.804. The lowest BCUT2D eigenvalue weighted by Gasteiger charge is -2.10. The summed E-state index contributed by atoms with van der Waals surface area (Å²) in [6, 6.07) is 10.5. The molecule has 0 aliphatic rings. The van der Waals surface area contributed by atoms with E-state index in [1.54, 1.807) is 12.1 Å². The first kappa shape index (κ1) is 13.5. The van der Waals surface area contributed by atoms with Gasteiger partial charge in [-0.25, -0.2) is 8.78 Å². The molecule has 2 aromatic rings. The summed E-state index contributed by atoms with van der Waals surface area (Å²) in [6.45, 7) is 0. The highest BCUT2D eigenvalue weighted by Crippen LogP contribution is 2.30. The van der Waals surface area contributed by atoms with Gasteiger partial charge in [0.15, 0.2) is 17.4 Å². The number of para-hydroxylation sites is 1. The Morgan fingerprint density at radius 3 is 2.37 bits per heavy atom. The van der Waals surface area contributed by atoms with Crippen molar-refractivity contribution in [1.82, 2.24) is 0 Å². The Morgan fingerprint density at radius 1 is 1.16 bits per heavy atom. The van der Waals surface area contributed by atoms with Crippen molar-refractivity contribution in [2.75, 3.05) is 0 Å². The molecular weight excluding hydrogens is 316 g/mol. The molecule has 0 aliphatic heterocycles. The van der Waals surface area contributed by atoms with Crippen LogP contribution in [0.2, 0.25) is 0 Å². The molecule has 0 heterocycles. The second kappa shape index (κ2) is 5.81. The molecule has 0 amide bonds. The molecular formula is C14H8BrF2NO. The lowest BCUT2D eigenvalue weighted by atomic mass is 10.2. The molecule has 0 unspecified atom stereocenters. The number of rotatable bonds is 3. The van der Waals surface area contributed by atoms with Crippen LogP contribution in [0, 0.1) is 23.0 Å². The zero-order valence-electron chi connectivity index (χ0n) is 9.66. The number of ether oxygens (including phenoxy) is 1. The van der Waals surface area contributed by atoms with Crippen molar-refractivity contribution in [3.05, 3.63) is 59.2 Å². The smallest absolute Gasteiger partial charge is 0.198 e. The zero-order chi connectivity index (χ0) is 13.8. The van der Waals surface area contributed by atoms with Gasteiger partial charge in [-0.3, -0.25) is 0 Å².